The molecule has 0 radical (unpaired) electrons. The first-order valence-corrected chi connectivity index (χ1v) is 5.70. The van der Waals surface area contributed by atoms with E-state index in [4.69, 9.17) is 10.5 Å². The lowest BCUT2D eigenvalue weighted by atomic mass is 10.1. The molecular formula is C11H13BrFNO2. The van der Waals surface area contributed by atoms with Crippen molar-refractivity contribution in [2.24, 2.45) is 5.73 Å². The van der Waals surface area contributed by atoms with E-state index in [1.165, 1.54) is 12.1 Å². The first kappa shape index (κ1) is 13.1. The number of nitrogens with two attached hydrogens (primary N) is 1. The number of halogens is 2. The first-order chi connectivity index (χ1) is 7.54. The van der Waals surface area contributed by atoms with Crippen LogP contribution in [0.5, 0.6) is 0 Å². The van der Waals surface area contributed by atoms with Gasteiger partial charge in [-0.05, 0) is 24.6 Å². The summed E-state index contributed by atoms with van der Waals surface area (Å²) in [5.41, 5.74) is 6.51. The first-order valence-electron chi connectivity index (χ1n) is 4.90. The van der Waals surface area contributed by atoms with Gasteiger partial charge in [0.15, 0.2) is 0 Å². The molecule has 3 nitrogen and oxygen atoms in total. The molecule has 0 fully saturated rings. The average Bonchev–Trinajstić information content (AvgIpc) is 2.17. The maximum Gasteiger partial charge on any atom is 0.307 e. The Balaban J connectivity index is 2.72. The van der Waals surface area contributed by atoms with Gasteiger partial charge < -0.3 is 10.5 Å². The highest BCUT2D eigenvalue weighted by atomic mass is 79.9. The number of carbonyl (C=O) groups is 1. The van der Waals surface area contributed by atoms with Crippen LogP contribution in [0.3, 0.4) is 0 Å². The van der Waals surface area contributed by atoms with Crippen LogP contribution in [-0.4, -0.2) is 12.6 Å². The lowest BCUT2D eigenvalue weighted by Gasteiger charge is -2.12. The fraction of sp³-hybridized carbons (Fsp3) is 0.364. The van der Waals surface area contributed by atoms with Crippen molar-refractivity contribution in [1.29, 1.82) is 0 Å². The van der Waals surface area contributed by atoms with Gasteiger partial charge in [-0.2, -0.15) is 0 Å². The summed E-state index contributed by atoms with van der Waals surface area (Å²) in [4.78, 5) is 11.2. The highest BCUT2D eigenvalue weighted by Crippen LogP contribution is 2.25. The van der Waals surface area contributed by atoms with E-state index in [2.05, 4.69) is 15.9 Å². The van der Waals surface area contributed by atoms with E-state index in [0.29, 0.717) is 16.6 Å². The Hall–Kier alpha value is -0.940. The number of esters is 1. The molecule has 0 aliphatic heterocycles. The van der Waals surface area contributed by atoms with Crippen molar-refractivity contribution >= 4 is 21.9 Å². The molecule has 1 rings (SSSR count). The molecule has 0 saturated carbocycles. The van der Waals surface area contributed by atoms with E-state index in [0.717, 1.165) is 0 Å². The van der Waals surface area contributed by atoms with Crippen molar-refractivity contribution in [2.75, 3.05) is 6.61 Å². The Bertz CT molecular complexity index is 384. The lowest BCUT2D eigenvalue weighted by molar-refractivity contribution is -0.143. The van der Waals surface area contributed by atoms with E-state index < -0.39 is 6.04 Å². The van der Waals surface area contributed by atoms with Gasteiger partial charge in [0.2, 0.25) is 0 Å². The van der Waals surface area contributed by atoms with Crippen LogP contribution in [-0.2, 0) is 9.53 Å². The fourth-order valence-corrected chi connectivity index (χ4v) is 1.96. The number of hydrogen-bond donors (Lipinski definition) is 1. The van der Waals surface area contributed by atoms with Gasteiger partial charge in [0.05, 0.1) is 13.0 Å². The van der Waals surface area contributed by atoms with Crippen molar-refractivity contribution in [1.82, 2.24) is 0 Å². The standard InChI is InChI=1S/C11H13BrFNO2/c1-2-16-11(15)6-10(14)8-4-3-7(13)5-9(8)12/h3-5,10H,2,6,14H2,1H3/t10-/m0/s1. The molecule has 0 saturated heterocycles. The Kier molecular flexibility index (Phi) is 4.89. The molecule has 1 atom stereocenters. The Labute approximate surface area is 102 Å². The second kappa shape index (κ2) is 5.96. The molecule has 2 N–H and O–H groups in total. The monoisotopic (exact) mass is 289 g/mol. The van der Waals surface area contributed by atoms with E-state index in [1.54, 1.807) is 13.0 Å². The number of rotatable bonds is 4. The van der Waals surface area contributed by atoms with Gasteiger partial charge in [0.1, 0.15) is 5.82 Å². The Morgan fingerprint density at radius 3 is 2.88 bits per heavy atom. The third-order valence-electron chi connectivity index (χ3n) is 2.05. The van der Waals surface area contributed by atoms with Crippen LogP contribution in [0.15, 0.2) is 22.7 Å². The molecule has 0 amide bonds. The van der Waals surface area contributed by atoms with Crippen molar-refractivity contribution in [2.45, 2.75) is 19.4 Å². The summed E-state index contributed by atoms with van der Waals surface area (Å²) in [6.45, 7) is 2.06. The summed E-state index contributed by atoms with van der Waals surface area (Å²) in [5.74, 6) is -0.704. The number of hydrogen-bond acceptors (Lipinski definition) is 3. The summed E-state index contributed by atoms with van der Waals surface area (Å²) < 4.78 is 18.2. The maximum absolute atomic E-state index is 12.8. The molecule has 88 valence electrons. The van der Waals surface area contributed by atoms with Gasteiger partial charge in [-0.25, -0.2) is 4.39 Å². The molecule has 16 heavy (non-hydrogen) atoms. The smallest absolute Gasteiger partial charge is 0.307 e. The van der Waals surface area contributed by atoms with Gasteiger partial charge in [-0.1, -0.05) is 22.0 Å². The maximum atomic E-state index is 12.8. The van der Waals surface area contributed by atoms with Crippen LogP contribution in [0.25, 0.3) is 0 Å². The summed E-state index contributed by atoms with van der Waals surface area (Å²) in [7, 11) is 0. The van der Waals surface area contributed by atoms with Gasteiger partial charge in [0.25, 0.3) is 0 Å². The van der Waals surface area contributed by atoms with Crippen LogP contribution in [0.1, 0.15) is 24.9 Å². The largest absolute Gasteiger partial charge is 0.466 e. The zero-order valence-electron chi connectivity index (χ0n) is 8.87. The predicted molar refractivity (Wildman–Crippen MR) is 62.3 cm³/mol. The molecule has 0 aliphatic rings. The topological polar surface area (TPSA) is 52.3 Å². The normalized spacial score (nSPS) is 12.2. The SMILES string of the molecule is CCOC(=O)C[C@H](N)c1ccc(F)cc1Br. The molecule has 0 heterocycles. The lowest BCUT2D eigenvalue weighted by Crippen LogP contribution is -2.17. The predicted octanol–water partition coefficient (Wildman–Crippen LogP) is 2.54. The molecule has 5 heteroatoms. The van der Waals surface area contributed by atoms with E-state index in [-0.39, 0.29) is 18.2 Å². The minimum Gasteiger partial charge on any atom is -0.466 e. The third-order valence-corrected chi connectivity index (χ3v) is 2.74. The highest BCUT2D eigenvalue weighted by Gasteiger charge is 2.15. The molecule has 1 aromatic carbocycles. The van der Waals surface area contributed by atoms with E-state index in [1.807, 2.05) is 0 Å². The van der Waals surface area contributed by atoms with E-state index in [9.17, 15) is 9.18 Å². The number of benzene rings is 1. The Morgan fingerprint density at radius 1 is 1.62 bits per heavy atom. The summed E-state index contributed by atoms with van der Waals surface area (Å²) in [5, 5.41) is 0. The molecule has 0 unspecified atom stereocenters. The Morgan fingerprint density at radius 2 is 2.31 bits per heavy atom. The molecule has 0 spiro atoms. The second-order valence-corrected chi connectivity index (χ2v) is 4.14. The molecule has 0 aliphatic carbocycles. The number of ether oxygens (including phenoxy) is 1. The van der Waals surface area contributed by atoms with Crippen molar-refractivity contribution in [3.05, 3.63) is 34.1 Å². The zero-order valence-corrected chi connectivity index (χ0v) is 10.5. The van der Waals surface area contributed by atoms with Gasteiger partial charge in [-0.3, -0.25) is 4.79 Å². The van der Waals surface area contributed by atoms with Crippen LogP contribution in [0, 0.1) is 5.82 Å². The van der Waals surface area contributed by atoms with Crippen LogP contribution in [0.2, 0.25) is 0 Å². The molecule has 0 aromatic heterocycles. The zero-order chi connectivity index (χ0) is 12.1. The highest BCUT2D eigenvalue weighted by molar-refractivity contribution is 9.10. The quantitative estimate of drug-likeness (QED) is 0.867. The van der Waals surface area contributed by atoms with Crippen molar-refractivity contribution in [3.8, 4) is 0 Å². The van der Waals surface area contributed by atoms with E-state index >= 15 is 0 Å². The van der Waals surface area contributed by atoms with Gasteiger partial charge in [-0.15, -0.1) is 0 Å². The number of carbonyl (C=O) groups excluding carboxylic acids is 1. The minimum atomic E-state index is -0.492. The third kappa shape index (κ3) is 3.57. The van der Waals surface area contributed by atoms with Crippen LogP contribution < -0.4 is 5.73 Å². The summed E-state index contributed by atoms with van der Waals surface area (Å²) in [6.07, 6.45) is 0.0814. The molecular weight excluding hydrogens is 277 g/mol. The van der Waals surface area contributed by atoms with Crippen molar-refractivity contribution in [3.63, 3.8) is 0 Å². The average molecular weight is 290 g/mol. The fourth-order valence-electron chi connectivity index (χ4n) is 1.31. The van der Waals surface area contributed by atoms with Gasteiger partial charge >= 0.3 is 5.97 Å². The van der Waals surface area contributed by atoms with Crippen molar-refractivity contribution < 1.29 is 13.9 Å². The molecule has 0 bridgehead atoms. The molecule has 1 aromatic rings. The summed E-state index contributed by atoms with van der Waals surface area (Å²) >= 11 is 3.20. The summed E-state index contributed by atoms with van der Waals surface area (Å²) in [6, 6.07) is 3.70. The van der Waals surface area contributed by atoms with Crippen LogP contribution >= 0.6 is 15.9 Å². The minimum absolute atomic E-state index is 0.0814. The van der Waals surface area contributed by atoms with Gasteiger partial charge in [0, 0.05) is 10.5 Å². The second-order valence-electron chi connectivity index (χ2n) is 3.28. The van der Waals surface area contributed by atoms with Crippen LogP contribution in [0.4, 0.5) is 4.39 Å².